The highest BCUT2D eigenvalue weighted by atomic mass is 127. The third kappa shape index (κ3) is 5.37. The van der Waals surface area contributed by atoms with Crippen molar-refractivity contribution in [1.29, 1.82) is 0 Å². The number of hydrogen-bond donors (Lipinski definition) is 1. The monoisotopic (exact) mass is 563 g/mol. The molecule has 0 aliphatic carbocycles. The van der Waals surface area contributed by atoms with Gasteiger partial charge in [0, 0.05) is 34.8 Å². The van der Waals surface area contributed by atoms with Crippen LogP contribution in [0.4, 0.5) is 0 Å². The zero-order chi connectivity index (χ0) is 22.9. The molecule has 2 aromatic rings. The van der Waals surface area contributed by atoms with Gasteiger partial charge in [0.1, 0.15) is 18.3 Å². The number of nitrogens with zero attached hydrogens (tertiary/aromatic N) is 2. The van der Waals surface area contributed by atoms with Gasteiger partial charge in [-0.1, -0.05) is 17.7 Å². The predicted molar refractivity (Wildman–Crippen MR) is 122 cm³/mol. The van der Waals surface area contributed by atoms with E-state index >= 15 is 0 Å². The number of halogens is 2. The van der Waals surface area contributed by atoms with E-state index in [0.29, 0.717) is 17.2 Å². The van der Waals surface area contributed by atoms with Crippen molar-refractivity contribution in [2.75, 3.05) is 13.2 Å². The van der Waals surface area contributed by atoms with Crippen molar-refractivity contribution < 1.29 is 19.1 Å². The molecule has 0 bridgehead atoms. The number of carbonyl (C=O) groups excluding carboxylic acids is 1. The largest absolute Gasteiger partial charge is 0.348 e. The van der Waals surface area contributed by atoms with Crippen LogP contribution in [0, 0.1) is 3.57 Å². The molecule has 168 valence electrons. The van der Waals surface area contributed by atoms with Gasteiger partial charge in [0.15, 0.2) is 5.79 Å². The van der Waals surface area contributed by atoms with E-state index in [2.05, 4.69) is 28.1 Å². The van der Waals surface area contributed by atoms with Crippen LogP contribution >= 0.6 is 34.2 Å². The average Bonchev–Trinajstić information content (AvgIpc) is 3.04. The molecule has 3 rings (SSSR count). The molecule has 0 radical (unpaired) electrons. The molecule has 1 aromatic carbocycles. The first-order valence-electron chi connectivity index (χ1n) is 9.47. The zero-order valence-electron chi connectivity index (χ0n) is 17.5. The number of hydroxylamine groups is 1. The number of carbonyl (C=O) groups is 1. The Balaban J connectivity index is 1.87. The van der Waals surface area contributed by atoms with Crippen molar-refractivity contribution in [2.24, 2.45) is 14.1 Å². The highest BCUT2D eigenvalue weighted by Crippen LogP contribution is 2.23. The molecule has 1 saturated heterocycles. The predicted octanol–water partition coefficient (Wildman–Crippen LogP) is 1.75. The number of aromatic nitrogens is 2. The second-order valence-electron chi connectivity index (χ2n) is 7.63. The first-order chi connectivity index (χ1) is 14.5. The molecule has 1 aliphatic heterocycles. The first-order valence-corrected chi connectivity index (χ1v) is 10.9. The van der Waals surface area contributed by atoms with Crippen LogP contribution in [0.15, 0.2) is 27.8 Å². The normalized spacial score (nSPS) is 17.7. The molecule has 1 atom stereocenters. The number of rotatable bonds is 6. The van der Waals surface area contributed by atoms with E-state index in [9.17, 15) is 14.4 Å². The molecule has 0 saturated carbocycles. The second kappa shape index (κ2) is 9.41. The van der Waals surface area contributed by atoms with E-state index in [1.165, 1.54) is 18.7 Å². The fourth-order valence-corrected chi connectivity index (χ4v) is 4.19. The van der Waals surface area contributed by atoms with Crippen LogP contribution in [0.3, 0.4) is 0 Å². The van der Waals surface area contributed by atoms with Gasteiger partial charge in [0.2, 0.25) is 0 Å². The van der Waals surface area contributed by atoms with Gasteiger partial charge >= 0.3 is 5.69 Å². The third-order valence-corrected chi connectivity index (χ3v) is 5.91. The minimum Gasteiger partial charge on any atom is -0.348 e. The van der Waals surface area contributed by atoms with Crippen molar-refractivity contribution in [3.8, 4) is 0 Å². The second-order valence-corrected chi connectivity index (χ2v) is 9.29. The van der Waals surface area contributed by atoms with E-state index in [-0.39, 0.29) is 30.4 Å². The van der Waals surface area contributed by atoms with Crippen LogP contribution in [0.1, 0.15) is 35.5 Å². The molecule has 9 nitrogen and oxygen atoms in total. The minimum absolute atomic E-state index is 0.0412. The van der Waals surface area contributed by atoms with Crippen molar-refractivity contribution in [3.63, 3.8) is 0 Å². The Bertz CT molecular complexity index is 1130. The van der Waals surface area contributed by atoms with Gasteiger partial charge in [-0.05, 0) is 54.1 Å². The van der Waals surface area contributed by atoms with Gasteiger partial charge in [-0.25, -0.2) is 10.3 Å². The van der Waals surface area contributed by atoms with E-state index in [4.69, 9.17) is 25.9 Å². The maximum absolute atomic E-state index is 12.9. The number of amides is 1. The molecule has 1 aromatic heterocycles. The molecule has 11 heteroatoms. The van der Waals surface area contributed by atoms with Gasteiger partial charge in [-0.2, -0.15) is 0 Å². The molecular formula is C20H23ClIN3O6. The number of ether oxygens (including phenoxy) is 2. The lowest BCUT2D eigenvalue weighted by Crippen LogP contribution is -2.45. The van der Waals surface area contributed by atoms with Crippen LogP contribution < -0.4 is 16.7 Å². The van der Waals surface area contributed by atoms with Crippen LogP contribution in [-0.2, 0) is 34.8 Å². The van der Waals surface area contributed by atoms with Gasteiger partial charge < -0.3 is 9.47 Å². The molecule has 31 heavy (non-hydrogen) atoms. The third-order valence-electron chi connectivity index (χ3n) is 4.89. The standard InChI is InChI=1S/C20H23ClIN3O6/c1-20(2)29-9-13(31-20)10-30-23-17(26)16-15(24(3)19(28)25(4)18(16)27)7-11-5-6-12(22)8-14(11)21/h5-6,8,13H,7,9-10H2,1-4H3,(H,23,26)/t13-/m1/s1. The van der Waals surface area contributed by atoms with Crippen LogP contribution in [0.2, 0.25) is 5.02 Å². The van der Waals surface area contributed by atoms with Crippen LogP contribution in [-0.4, -0.2) is 40.1 Å². The van der Waals surface area contributed by atoms with E-state index in [0.717, 1.165) is 8.14 Å². The summed E-state index contributed by atoms with van der Waals surface area (Å²) in [5, 5.41) is 0.476. The molecule has 0 unspecified atom stereocenters. The molecule has 1 aliphatic rings. The number of hydrogen-bond acceptors (Lipinski definition) is 6. The summed E-state index contributed by atoms with van der Waals surface area (Å²) in [5.74, 6) is -1.47. The summed E-state index contributed by atoms with van der Waals surface area (Å²) >= 11 is 8.46. The summed E-state index contributed by atoms with van der Waals surface area (Å²) in [6, 6.07) is 5.42. The van der Waals surface area contributed by atoms with Crippen molar-refractivity contribution in [1.82, 2.24) is 14.6 Å². The average molecular weight is 564 g/mol. The lowest BCUT2D eigenvalue weighted by Gasteiger charge is -2.18. The topological polar surface area (TPSA) is 101 Å². The van der Waals surface area contributed by atoms with Crippen LogP contribution in [0.25, 0.3) is 0 Å². The Labute approximate surface area is 197 Å². The summed E-state index contributed by atoms with van der Waals surface area (Å²) in [4.78, 5) is 43.4. The quantitative estimate of drug-likeness (QED) is 0.425. The fraction of sp³-hybridized carbons (Fsp3) is 0.450. The highest BCUT2D eigenvalue weighted by Gasteiger charge is 2.33. The van der Waals surface area contributed by atoms with E-state index < -0.39 is 22.9 Å². The summed E-state index contributed by atoms with van der Waals surface area (Å²) in [5.41, 5.74) is 1.74. The molecular weight excluding hydrogens is 541 g/mol. The molecule has 1 amide bonds. The molecule has 0 spiro atoms. The Hall–Kier alpha value is -1.73. The Morgan fingerprint density at radius 3 is 2.65 bits per heavy atom. The SMILES string of the molecule is Cn1c(Cc2ccc(I)cc2Cl)c(C(=O)NOC[C@H]2COC(C)(C)O2)c(=O)n(C)c1=O. The Morgan fingerprint density at radius 2 is 2.03 bits per heavy atom. The lowest BCUT2D eigenvalue weighted by molar-refractivity contribution is -0.147. The molecule has 2 heterocycles. The maximum atomic E-state index is 12.9. The smallest absolute Gasteiger partial charge is 0.330 e. The lowest BCUT2D eigenvalue weighted by atomic mass is 10.0. The number of nitrogens with one attached hydrogen (secondary N) is 1. The summed E-state index contributed by atoms with van der Waals surface area (Å²) in [6.07, 6.45) is -0.239. The fourth-order valence-electron chi connectivity index (χ4n) is 3.26. The van der Waals surface area contributed by atoms with E-state index in [1.54, 1.807) is 26.0 Å². The van der Waals surface area contributed by atoms with Crippen molar-refractivity contribution in [3.05, 3.63) is 64.5 Å². The first kappa shape index (κ1) is 23.9. The molecule has 1 N–H and O–H groups in total. The van der Waals surface area contributed by atoms with Gasteiger partial charge in [-0.3, -0.25) is 23.6 Å². The number of benzene rings is 1. The minimum atomic E-state index is -0.758. The van der Waals surface area contributed by atoms with Crippen LogP contribution in [0.5, 0.6) is 0 Å². The van der Waals surface area contributed by atoms with Gasteiger partial charge in [0.05, 0.1) is 6.61 Å². The summed E-state index contributed by atoms with van der Waals surface area (Å²) < 4.78 is 14.1. The van der Waals surface area contributed by atoms with Gasteiger partial charge in [-0.15, -0.1) is 0 Å². The Kier molecular flexibility index (Phi) is 7.26. The Morgan fingerprint density at radius 1 is 1.32 bits per heavy atom. The zero-order valence-corrected chi connectivity index (χ0v) is 20.4. The van der Waals surface area contributed by atoms with E-state index in [1.807, 2.05) is 6.07 Å². The maximum Gasteiger partial charge on any atom is 0.330 e. The molecule has 1 fully saturated rings. The van der Waals surface area contributed by atoms with Crippen molar-refractivity contribution >= 4 is 40.1 Å². The summed E-state index contributed by atoms with van der Waals surface area (Å²) in [7, 11) is 2.82. The van der Waals surface area contributed by atoms with Gasteiger partial charge in [0.25, 0.3) is 11.5 Å². The van der Waals surface area contributed by atoms with Crippen molar-refractivity contribution in [2.45, 2.75) is 32.2 Å². The summed E-state index contributed by atoms with van der Waals surface area (Å²) in [6.45, 7) is 3.92. The highest BCUT2D eigenvalue weighted by molar-refractivity contribution is 14.1.